The minimum atomic E-state index is -1.26. The lowest BCUT2D eigenvalue weighted by molar-refractivity contribution is -0.139. The van der Waals surface area contributed by atoms with E-state index in [9.17, 15) is 14.7 Å². The summed E-state index contributed by atoms with van der Waals surface area (Å²) in [6.45, 7) is 0.0185. The van der Waals surface area contributed by atoms with Gasteiger partial charge in [0.2, 0.25) is 0 Å². The highest BCUT2D eigenvalue weighted by Crippen LogP contribution is 2.42. The molecule has 1 aromatic heterocycles. The number of alkyl carbamates (subject to hydrolysis) is 1. The number of aromatic nitrogens is 2. The monoisotopic (exact) mass is 619 g/mol. The lowest BCUT2D eigenvalue weighted by Crippen LogP contribution is -2.44. The number of carbonyl (C=O) groups excluding carboxylic acids is 1. The number of carbonyl (C=O) groups is 2. The van der Waals surface area contributed by atoms with Gasteiger partial charge in [-0.1, -0.05) is 127 Å². The van der Waals surface area contributed by atoms with Gasteiger partial charge in [-0.3, -0.25) is 0 Å². The van der Waals surface area contributed by atoms with Crippen LogP contribution in [0.25, 0.3) is 11.1 Å². The summed E-state index contributed by atoms with van der Waals surface area (Å²) in [6, 6.07) is 43.3. The van der Waals surface area contributed by atoms with Crippen molar-refractivity contribution in [2.45, 2.75) is 31.0 Å². The van der Waals surface area contributed by atoms with Gasteiger partial charge in [-0.25, -0.2) is 14.6 Å². The average molecular weight is 620 g/mol. The van der Waals surface area contributed by atoms with E-state index in [4.69, 9.17) is 4.74 Å². The summed E-state index contributed by atoms with van der Waals surface area (Å²) >= 11 is 0. The van der Waals surface area contributed by atoms with Crippen LogP contribution in [0.15, 0.2) is 146 Å². The maximum absolute atomic E-state index is 13.0. The van der Waals surface area contributed by atoms with Crippen LogP contribution in [-0.2, 0) is 34.5 Å². The van der Waals surface area contributed by atoms with Crippen molar-refractivity contribution >= 4 is 12.1 Å². The Labute approximate surface area is 273 Å². The molecule has 1 aliphatic rings. The molecule has 6 aromatic rings. The Balaban J connectivity index is 1.16. The number of nitrogens with zero attached hydrogens (tertiary/aromatic N) is 2. The average Bonchev–Trinajstić information content (AvgIpc) is 3.73. The predicted molar refractivity (Wildman–Crippen MR) is 180 cm³/mol. The summed E-state index contributed by atoms with van der Waals surface area (Å²) in [5.41, 5.74) is 8.37. The lowest BCUT2D eigenvalue weighted by Gasteiger charge is -2.39. The van der Waals surface area contributed by atoms with E-state index < -0.39 is 23.6 Å². The third kappa shape index (κ3) is 5.68. The first-order valence-corrected chi connectivity index (χ1v) is 15.6. The summed E-state index contributed by atoms with van der Waals surface area (Å²) in [4.78, 5) is 30.1. The standard InChI is InChI=1S/C40H33N3O4/c44-38(45)37(42-39(46)47-26-28-20-21-30-23-29-12-10-11-19-35(29)36(30)22-28)24-34-25-41-27-43(34)40(31-13-4-1-5-14-31,32-15-6-2-7-16-32)33-17-8-3-9-18-33/h1-22,25,27,37H,23-24,26H2,(H,42,46)(H,44,45)/t37-/m0/s1. The fraction of sp³-hybridized carbons (Fsp3) is 0.125. The fourth-order valence-corrected chi connectivity index (χ4v) is 6.73. The molecule has 0 aliphatic heterocycles. The van der Waals surface area contributed by atoms with Crippen LogP contribution in [0.1, 0.15) is 39.1 Å². The van der Waals surface area contributed by atoms with Gasteiger partial charge in [0.25, 0.3) is 0 Å². The van der Waals surface area contributed by atoms with Crippen LogP contribution < -0.4 is 5.32 Å². The first kappa shape index (κ1) is 29.7. The van der Waals surface area contributed by atoms with Gasteiger partial charge >= 0.3 is 12.1 Å². The molecule has 0 saturated carbocycles. The van der Waals surface area contributed by atoms with E-state index in [0.29, 0.717) is 5.69 Å². The topological polar surface area (TPSA) is 93.5 Å². The van der Waals surface area contributed by atoms with E-state index in [-0.39, 0.29) is 13.0 Å². The zero-order valence-corrected chi connectivity index (χ0v) is 25.6. The Morgan fingerprint density at radius 2 is 1.34 bits per heavy atom. The van der Waals surface area contributed by atoms with Crippen molar-refractivity contribution in [2.24, 2.45) is 0 Å². The second-order valence-electron chi connectivity index (χ2n) is 11.7. The van der Waals surface area contributed by atoms with Gasteiger partial charge in [-0.2, -0.15) is 0 Å². The SMILES string of the molecule is O=C(N[C@@H](Cc1cncn1C(c1ccccc1)(c1ccccc1)c1ccccc1)C(=O)O)OCc1ccc2c(c1)-c1ccccc1C2. The maximum atomic E-state index is 13.0. The van der Waals surface area contributed by atoms with Gasteiger partial charge in [0.1, 0.15) is 18.2 Å². The number of hydrogen-bond donors (Lipinski definition) is 2. The molecule has 7 rings (SSSR count). The van der Waals surface area contributed by atoms with Crippen molar-refractivity contribution in [1.82, 2.24) is 14.9 Å². The predicted octanol–water partition coefficient (Wildman–Crippen LogP) is 7.22. The molecule has 0 fully saturated rings. The molecule has 7 heteroatoms. The molecule has 1 heterocycles. The second kappa shape index (κ2) is 12.8. The molecule has 0 unspecified atom stereocenters. The number of fused-ring (bicyclic) bond motifs is 3. The molecule has 2 N–H and O–H groups in total. The number of nitrogens with one attached hydrogen (secondary N) is 1. The van der Waals surface area contributed by atoms with Gasteiger partial charge in [-0.15, -0.1) is 0 Å². The van der Waals surface area contributed by atoms with Gasteiger partial charge in [0.05, 0.1) is 6.33 Å². The van der Waals surface area contributed by atoms with Crippen LogP contribution >= 0.6 is 0 Å². The highest BCUT2D eigenvalue weighted by atomic mass is 16.5. The van der Waals surface area contributed by atoms with Crippen molar-refractivity contribution in [3.8, 4) is 11.1 Å². The summed E-state index contributed by atoms with van der Waals surface area (Å²) < 4.78 is 7.56. The van der Waals surface area contributed by atoms with E-state index in [2.05, 4.69) is 64.9 Å². The smallest absolute Gasteiger partial charge is 0.408 e. The first-order chi connectivity index (χ1) is 23.0. The number of aliphatic carboxylic acids is 1. The number of amides is 1. The van der Waals surface area contributed by atoms with Crippen molar-refractivity contribution < 1.29 is 19.4 Å². The fourth-order valence-electron chi connectivity index (χ4n) is 6.73. The number of imidazole rings is 1. The quantitative estimate of drug-likeness (QED) is 0.158. The Morgan fingerprint density at radius 3 is 1.96 bits per heavy atom. The van der Waals surface area contributed by atoms with Gasteiger partial charge in [0.15, 0.2) is 0 Å². The molecule has 0 bridgehead atoms. The Morgan fingerprint density at radius 1 is 0.766 bits per heavy atom. The van der Waals surface area contributed by atoms with Gasteiger partial charge in [-0.05, 0) is 57.0 Å². The third-order valence-electron chi connectivity index (χ3n) is 8.89. The van der Waals surface area contributed by atoms with Crippen molar-refractivity contribution in [3.05, 3.63) is 185 Å². The van der Waals surface area contributed by atoms with E-state index in [0.717, 1.165) is 34.2 Å². The summed E-state index contributed by atoms with van der Waals surface area (Å²) in [5.74, 6) is -1.17. The van der Waals surface area contributed by atoms with Crippen molar-refractivity contribution in [2.75, 3.05) is 0 Å². The number of carboxylic acid groups (broad SMARTS) is 1. The maximum Gasteiger partial charge on any atom is 0.408 e. The lowest BCUT2D eigenvalue weighted by atomic mass is 9.76. The zero-order valence-electron chi connectivity index (χ0n) is 25.6. The van der Waals surface area contributed by atoms with Crippen LogP contribution in [0.4, 0.5) is 4.79 Å². The van der Waals surface area contributed by atoms with Crippen LogP contribution in [-0.4, -0.2) is 32.8 Å². The number of benzene rings is 5. The molecule has 232 valence electrons. The van der Waals surface area contributed by atoms with Crippen LogP contribution in [0.2, 0.25) is 0 Å². The molecular formula is C40H33N3O4. The normalized spacial score (nSPS) is 12.5. The molecule has 0 spiro atoms. The van der Waals surface area contributed by atoms with Crippen LogP contribution in [0, 0.1) is 0 Å². The summed E-state index contributed by atoms with van der Waals surface area (Å²) in [6.07, 6.45) is 3.45. The summed E-state index contributed by atoms with van der Waals surface area (Å²) in [7, 11) is 0. The minimum Gasteiger partial charge on any atom is -0.480 e. The number of hydrogen-bond acceptors (Lipinski definition) is 4. The molecular weight excluding hydrogens is 586 g/mol. The van der Waals surface area contributed by atoms with Gasteiger partial charge in [0, 0.05) is 18.3 Å². The van der Waals surface area contributed by atoms with Crippen LogP contribution in [0.5, 0.6) is 0 Å². The Kier molecular flexibility index (Phi) is 8.11. The molecule has 47 heavy (non-hydrogen) atoms. The van der Waals surface area contributed by atoms with E-state index >= 15 is 0 Å². The molecule has 1 amide bonds. The second-order valence-corrected chi connectivity index (χ2v) is 11.7. The Bertz CT molecular complexity index is 1930. The highest BCUT2D eigenvalue weighted by molar-refractivity contribution is 5.80. The third-order valence-corrected chi connectivity index (χ3v) is 8.89. The molecule has 0 radical (unpaired) electrons. The molecule has 7 nitrogen and oxygen atoms in total. The number of ether oxygens (including phenoxy) is 1. The molecule has 0 saturated heterocycles. The zero-order chi connectivity index (χ0) is 32.2. The molecule has 1 aliphatic carbocycles. The molecule has 1 atom stereocenters. The summed E-state index contributed by atoms with van der Waals surface area (Å²) in [5, 5.41) is 12.8. The van der Waals surface area contributed by atoms with Crippen molar-refractivity contribution in [1.29, 1.82) is 0 Å². The van der Waals surface area contributed by atoms with E-state index in [1.807, 2.05) is 83.4 Å². The highest BCUT2D eigenvalue weighted by Gasteiger charge is 2.40. The largest absolute Gasteiger partial charge is 0.480 e. The number of rotatable bonds is 10. The molecule has 5 aromatic carbocycles. The Hall–Kier alpha value is -5.95. The van der Waals surface area contributed by atoms with Gasteiger partial charge < -0.3 is 19.7 Å². The minimum absolute atomic E-state index is 0.0185. The first-order valence-electron chi connectivity index (χ1n) is 15.6. The van der Waals surface area contributed by atoms with E-state index in [1.165, 1.54) is 16.7 Å². The van der Waals surface area contributed by atoms with Crippen LogP contribution in [0.3, 0.4) is 0 Å². The number of carboxylic acids is 1. The van der Waals surface area contributed by atoms with E-state index in [1.54, 1.807) is 12.5 Å². The van der Waals surface area contributed by atoms with Crippen molar-refractivity contribution in [3.63, 3.8) is 0 Å².